The van der Waals surface area contributed by atoms with E-state index in [4.69, 9.17) is 0 Å². The average Bonchev–Trinajstić information content (AvgIpc) is 2.27. The van der Waals surface area contributed by atoms with Gasteiger partial charge in [0, 0.05) is 0 Å². The van der Waals surface area contributed by atoms with Crippen molar-refractivity contribution in [2.45, 2.75) is 104 Å². The molecule has 0 aromatic heterocycles. The Kier molecular flexibility index (Phi) is 12.2. The number of hydrogen-bond acceptors (Lipinski definition) is 2. The van der Waals surface area contributed by atoms with Gasteiger partial charge in [0.1, 0.15) is 0 Å². The highest BCUT2D eigenvalue weighted by atomic mass is 16.3. The molecule has 0 bridgehead atoms. The number of unbranched alkanes of at least 4 members (excludes halogenated alkanes) is 1. The van der Waals surface area contributed by atoms with E-state index in [1.54, 1.807) is 0 Å². The normalized spacial score (nSPS) is 14.7. The molecule has 0 radical (unpaired) electrons. The molecule has 0 aromatic rings. The molecular formula is C16H36O2. The molecule has 1 atom stereocenters. The van der Waals surface area contributed by atoms with Crippen molar-refractivity contribution in [1.82, 2.24) is 0 Å². The van der Waals surface area contributed by atoms with Gasteiger partial charge in [-0.3, -0.25) is 0 Å². The van der Waals surface area contributed by atoms with Crippen molar-refractivity contribution < 1.29 is 10.2 Å². The molecule has 0 heterocycles. The summed E-state index contributed by atoms with van der Waals surface area (Å²) in [5.41, 5.74) is -0.806. The van der Waals surface area contributed by atoms with E-state index in [9.17, 15) is 10.2 Å². The maximum absolute atomic E-state index is 9.51. The molecule has 0 aliphatic heterocycles. The summed E-state index contributed by atoms with van der Waals surface area (Å²) in [6, 6.07) is 0. The summed E-state index contributed by atoms with van der Waals surface area (Å²) >= 11 is 0. The Morgan fingerprint density at radius 2 is 1.11 bits per heavy atom. The molecule has 2 heteroatoms. The molecule has 2 N–H and O–H groups in total. The lowest BCUT2D eigenvalue weighted by molar-refractivity contribution is 0.0405. The Bertz CT molecular complexity index is 166. The summed E-state index contributed by atoms with van der Waals surface area (Å²) in [7, 11) is 0. The third kappa shape index (κ3) is 14.0. The molecule has 0 amide bonds. The van der Waals surface area contributed by atoms with Gasteiger partial charge < -0.3 is 10.2 Å². The average molecular weight is 260 g/mol. The molecule has 0 aliphatic rings. The molecule has 0 spiro atoms. The minimum atomic E-state index is -0.407. The van der Waals surface area contributed by atoms with Gasteiger partial charge in [0.2, 0.25) is 0 Å². The number of hydrogen-bond donors (Lipinski definition) is 2. The van der Waals surface area contributed by atoms with Crippen LogP contribution in [0.3, 0.4) is 0 Å². The van der Waals surface area contributed by atoms with Crippen molar-refractivity contribution in [3.63, 3.8) is 0 Å². The summed E-state index contributed by atoms with van der Waals surface area (Å²) < 4.78 is 0. The molecule has 2 nitrogen and oxygen atoms in total. The highest BCUT2D eigenvalue weighted by Crippen LogP contribution is 2.17. The van der Waals surface area contributed by atoms with Crippen molar-refractivity contribution in [3.8, 4) is 0 Å². The van der Waals surface area contributed by atoms with Gasteiger partial charge in [0.15, 0.2) is 0 Å². The van der Waals surface area contributed by atoms with Gasteiger partial charge in [-0.1, -0.05) is 53.4 Å². The van der Waals surface area contributed by atoms with E-state index in [1.807, 2.05) is 20.8 Å². The molecule has 18 heavy (non-hydrogen) atoms. The second-order valence-electron chi connectivity index (χ2n) is 5.95. The number of rotatable bonds is 8. The zero-order valence-corrected chi connectivity index (χ0v) is 13.6. The van der Waals surface area contributed by atoms with Gasteiger partial charge in [0.25, 0.3) is 0 Å². The Hall–Kier alpha value is -0.0800. The van der Waals surface area contributed by atoms with E-state index in [-0.39, 0.29) is 0 Å². The summed E-state index contributed by atoms with van der Waals surface area (Å²) in [5, 5.41) is 19.0. The fourth-order valence-electron chi connectivity index (χ4n) is 1.94. The molecule has 0 fully saturated rings. The Morgan fingerprint density at radius 3 is 1.39 bits per heavy atom. The van der Waals surface area contributed by atoms with Gasteiger partial charge in [-0.05, 0) is 39.5 Å². The first-order valence-corrected chi connectivity index (χ1v) is 7.69. The fraction of sp³-hybridized carbons (Fsp3) is 1.00. The van der Waals surface area contributed by atoms with Crippen LogP contribution in [0.4, 0.5) is 0 Å². The third-order valence-electron chi connectivity index (χ3n) is 3.41. The SMILES string of the molecule is CCCC(C)(O)CCC.CCCCC(C)(O)CC. The fourth-order valence-corrected chi connectivity index (χ4v) is 1.94. The van der Waals surface area contributed by atoms with Crippen molar-refractivity contribution in [2.75, 3.05) is 0 Å². The van der Waals surface area contributed by atoms with E-state index in [2.05, 4.69) is 20.8 Å². The topological polar surface area (TPSA) is 40.5 Å². The first-order valence-electron chi connectivity index (χ1n) is 7.69. The van der Waals surface area contributed by atoms with Gasteiger partial charge >= 0.3 is 0 Å². The van der Waals surface area contributed by atoms with Crippen LogP contribution in [0.2, 0.25) is 0 Å². The lowest BCUT2D eigenvalue weighted by atomic mass is 9.95. The second-order valence-corrected chi connectivity index (χ2v) is 5.95. The first kappa shape index (κ1) is 20.2. The van der Waals surface area contributed by atoms with Crippen molar-refractivity contribution in [1.29, 1.82) is 0 Å². The summed E-state index contributed by atoms with van der Waals surface area (Å²) in [6.45, 7) is 12.2. The summed E-state index contributed by atoms with van der Waals surface area (Å²) in [6.07, 6.45) is 8.14. The predicted octanol–water partition coefficient (Wildman–Crippen LogP) is 4.68. The molecule has 0 saturated heterocycles. The summed E-state index contributed by atoms with van der Waals surface area (Å²) in [5.74, 6) is 0. The van der Waals surface area contributed by atoms with Gasteiger partial charge in [-0.25, -0.2) is 0 Å². The Labute approximate surface area is 115 Å². The van der Waals surface area contributed by atoms with Gasteiger partial charge in [0.05, 0.1) is 11.2 Å². The van der Waals surface area contributed by atoms with Gasteiger partial charge in [-0.2, -0.15) is 0 Å². The molecule has 1 unspecified atom stereocenters. The molecule has 0 rings (SSSR count). The number of aliphatic hydroxyl groups is 2. The summed E-state index contributed by atoms with van der Waals surface area (Å²) in [4.78, 5) is 0. The van der Waals surface area contributed by atoms with Crippen LogP contribution in [-0.2, 0) is 0 Å². The molecular weight excluding hydrogens is 224 g/mol. The van der Waals surface area contributed by atoms with E-state index in [0.29, 0.717) is 0 Å². The van der Waals surface area contributed by atoms with Crippen LogP contribution >= 0.6 is 0 Å². The quantitative estimate of drug-likeness (QED) is 0.665. The third-order valence-corrected chi connectivity index (χ3v) is 3.41. The maximum Gasteiger partial charge on any atom is 0.0619 e. The molecule has 112 valence electrons. The van der Waals surface area contributed by atoms with Crippen molar-refractivity contribution in [3.05, 3.63) is 0 Å². The maximum atomic E-state index is 9.51. The van der Waals surface area contributed by atoms with Crippen LogP contribution in [0.15, 0.2) is 0 Å². The highest BCUT2D eigenvalue weighted by molar-refractivity contribution is 4.70. The highest BCUT2D eigenvalue weighted by Gasteiger charge is 2.16. The van der Waals surface area contributed by atoms with Crippen LogP contribution in [0, 0.1) is 0 Å². The zero-order chi connectivity index (χ0) is 14.7. The van der Waals surface area contributed by atoms with E-state index < -0.39 is 11.2 Å². The monoisotopic (exact) mass is 260 g/mol. The van der Waals surface area contributed by atoms with Crippen molar-refractivity contribution >= 4 is 0 Å². The van der Waals surface area contributed by atoms with Crippen LogP contribution in [0.5, 0.6) is 0 Å². The van der Waals surface area contributed by atoms with E-state index in [0.717, 1.165) is 44.9 Å². The second kappa shape index (κ2) is 10.8. The predicted molar refractivity (Wildman–Crippen MR) is 80.9 cm³/mol. The van der Waals surface area contributed by atoms with E-state index in [1.165, 1.54) is 6.42 Å². The lowest BCUT2D eigenvalue weighted by Gasteiger charge is -2.21. The van der Waals surface area contributed by atoms with Crippen LogP contribution in [0.1, 0.15) is 92.9 Å². The largest absolute Gasteiger partial charge is 0.390 e. The lowest BCUT2D eigenvalue weighted by Crippen LogP contribution is -2.22. The first-order chi connectivity index (χ1) is 8.24. The van der Waals surface area contributed by atoms with Crippen molar-refractivity contribution in [2.24, 2.45) is 0 Å². The smallest absolute Gasteiger partial charge is 0.0619 e. The van der Waals surface area contributed by atoms with Crippen LogP contribution in [-0.4, -0.2) is 21.4 Å². The Morgan fingerprint density at radius 1 is 0.667 bits per heavy atom. The molecule has 0 aromatic carbocycles. The van der Waals surface area contributed by atoms with Gasteiger partial charge in [-0.15, -0.1) is 0 Å². The minimum Gasteiger partial charge on any atom is -0.390 e. The van der Waals surface area contributed by atoms with Crippen LogP contribution in [0.25, 0.3) is 0 Å². The zero-order valence-electron chi connectivity index (χ0n) is 13.6. The van der Waals surface area contributed by atoms with Crippen LogP contribution < -0.4 is 0 Å². The molecule has 0 aliphatic carbocycles. The Balaban J connectivity index is 0. The standard InChI is InChI=1S/2C8H18O/c1-4-6-7-8(3,9)5-2;1-4-6-8(3,9)7-5-2/h2*9H,4-7H2,1-3H3. The minimum absolute atomic E-state index is 0.399. The van der Waals surface area contributed by atoms with E-state index >= 15 is 0 Å². The molecule has 0 saturated carbocycles.